The third-order valence-electron chi connectivity index (χ3n) is 2.30. The molecule has 0 fully saturated rings. The lowest BCUT2D eigenvalue weighted by atomic mass is 9.92. The Labute approximate surface area is 110 Å². The number of rotatable bonds is 7. The van der Waals surface area contributed by atoms with E-state index in [4.69, 9.17) is 0 Å². The van der Waals surface area contributed by atoms with Gasteiger partial charge in [-0.1, -0.05) is 27.7 Å². The zero-order chi connectivity index (χ0) is 14.2. The van der Waals surface area contributed by atoms with Crippen molar-refractivity contribution in [3.05, 3.63) is 0 Å². The van der Waals surface area contributed by atoms with Crippen LogP contribution in [0.25, 0.3) is 0 Å². The minimum Gasteiger partial charge on any atom is -0.354 e. The normalized spacial score (nSPS) is 12.9. The van der Waals surface area contributed by atoms with Crippen LogP contribution in [0.4, 0.5) is 0 Å². The highest BCUT2D eigenvalue weighted by molar-refractivity contribution is 5.88. The van der Waals surface area contributed by atoms with Gasteiger partial charge >= 0.3 is 0 Å². The van der Waals surface area contributed by atoms with Crippen molar-refractivity contribution in [2.75, 3.05) is 20.1 Å². The van der Waals surface area contributed by atoms with Gasteiger partial charge < -0.3 is 16.0 Å². The van der Waals surface area contributed by atoms with Crippen molar-refractivity contribution < 1.29 is 9.59 Å². The fourth-order valence-corrected chi connectivity index (χ4v) is 1.51. The van der Waals surface area contributed by atoms with Crippen LogP contribution in [0.3, 0.4) is 0 Å². The summed E-state index contributed by atoms with van der Waals surface area (Å²) < 4.78 is 0. The minimum atomic E-state index is -0.503. The number of amides is 2. The van der Waals surface area contributed by atoms with E-state index in [2.05, 4.69) is 16.0 Å². The summed E-state index contributed by atoms with van der Waals surface area (Å²) in [5, 5.41) is 8.48. The first-order chi connectivity index (χ1) is 8.30. The molecule has 5 heteroatoms. The van der Waals surface area contributed by atoms with Crippen LogP contribution in [-0.2, 0) is 9.59 Å². The number of likely N-dealkylation sites (N-methyl/N-ethyl adjacent to an activating group) is 1. The van der Waals surface area contributed by atoms with Crippen molar-refractivity contribution in [2.24, 2.45) is 5.41 Å². The highest BCUT2D eigenvalue weighted by Crippen LogP contribution is 2.17. The number of carbonyl (C=O) groups excluding carboxylic acids is 2. The predicted molar refractivity (Wildman–Crippen MR) is 73.2 cm³/mol. The fourth-order valence-electron chi connectivity index (χ4n) is 1.51. The first-order valence-electron chi connectivity index (χ1n) is 6.52. The second-order valence-corrected chi connectivity index (χ2v) is 5.71. The summed E-state index contributed by atoms with van der Waals surface area (Å²) in [7, 11) is 1.76. The SMILES string of the molecule is CCCNC(=O)[C@H](CNC)NC(=O)CC(C)(C)C. The summed E-state index contributed by atoms with van der Waals surface area (Å²) in [6.45, 7) is 9.05. The molecule has 5 nitrogen and oxygen atoms in total. The van der Waals surface area contributed by atoms with Crippen LogP contribution in [0.1, 0.15) is 40.5 Å². The van der Waals surface area contributed by atoms with Gasteiger partial charge in [0.05, 0.1) is 0 Å². The molecule has 0 bridgehead atoms. The highest BCUT2D eigenvalue weighted by Gasteiger charge is 2.22. The van der Waals surface area contributed by atoms with Crippen LogP contribution < -0.4 is 16.0 Å². The van der Waals surface area contributed by atoms with E-state index in [1.54, 1.807) is 7.05 Å². The molecule has 0 saturated carbocycles. The second-order valence-electron chi connectivity index (χ2n) is 5.71. The van der Waals surface area contributed by atoms with E-state index in [-0.39, 0.29) is 17.2 Å². The Kier molecular flexibility index (Phi) is 7.59. The molecular weight excluding hydrogens is 230 g/mol. The Morgan fingerprint density at radius 1 is 1.22 bits per heavy atom. The van der Waals surface area contributed by atoms with Gasteiger partial charge in [-0.3, -0.25) is 9.59 Å². The van der Waals surface area contributed by atoms with Crippen LogP contribution in [0, 0.1) is 5.41 Å². The molecular formula is C13H27N3O2. The summed E-state index contributed by atoms with van der Waals surface area (Å²) in [4.78, 5) is 23.6. The van der Waals surface area contributed by atoms with Crippen molar-refractivity contribution >= 4 is 11.8 Å². The molecule has 2 amide bonds. The Balaban J connectivity index is 4.34. The van der Waals surface area contributed by atoms with E-state index in [1.165, 1.54) is 0 Å². The molecule has 0 unspecified atom stereocenters. The highest BCUT2D eigenvalue weighted by atomic mass is 16.2. The van der Waals surface area contributed by atoms with Crippen molar-refractivity contribution in [2.45, 2.75) is 46.6 Å². The fraction of sp³-hybridized carbons (Fsp3) is 0.846. The summed E-state index contributed by atoms with van der Waals surface area (Å²) in [6.07, 6.45) is 1.29. The lowest BCUT2D eigenvalue weighted by molar-refractivity contribution is -0.129. The van der Waals surface area contributed by atoms with E-state index in [1.807, 2.05) is 27.7 Å². The lowest BCUT2D eigenvalue weighted by Crippen LogP contribution is -2.51. The molecule has 3 N–H and O–H groups in total. The molecule has 0 heterocycles. The van der Waals surface area contributed by atoms with Gasteiger partial charge in [-0.2, -0.15) is 0 Å². The molecule has 0 saturated heterocycles. The van der Waals surface area contributed by atoms with Crippen LogP contribution in [0.5, 0.6) is 0 Å². The molecule has 0 aromatic carbocycles. The Morgan fingerprint density at radius 3 is 2.28 bits per heavy atom. The third-order valence-corrected chi connectivity index (χ3v) is 2.30. The summed E-state index contributed by atoms with van der Waals surface area (Å²) in [6, 6.07) is -0.503. The van der Waals surface area contributed by atoms with Crippen LogP contribution in [-0.4, -0.2) is 38.0 Å². The van der Waals surface area contributed by atoms with Gasteiger partial charge in [0, 0.05) is 19.5 Å². The molecule has 0 aromatic rings. The maximum atomic E-state index is 11.8. The third kappa shape index (κ3) is 8.06. The Hall–Kier alpha value is -1.10. The molecule has 0 rings (SSSR count). The first kappa shape index (κ1) is 16.9. The number of carbonyl (C=O) groups is 2. The summed E-state index contributed by atoms with van der Waals surface area (Å²) in [5.74, 6) is -0.220. The average molecular weight is 257 g/mol. The van der Waals surface area contributed by atoms with Crippen molar-refractivity contribution in [1.82, 2.24) is 16.0 Å². The summed E-state index contributed by atoms with van der Waals surface area (Å²) in [5.41, 5.74) is -0.0752. The second kappa shape index (κ2) is 8.08. The van der Waals surface area contributed by atoms with Gasteiger partial charge in [-0.25, -0.2) is 0 Å². The average Bonchev–Trinajstić information content (AvgIpc) is 2.22. The van der Waals surface area contributed by atoms with E-state index >= 15 is 0 Å². The molecule has 106 valence electrons. The smallest absolute Gasteiger partial charge is 0.243 e. The molecule has 18 heavy (non-hydrogen) atoms. The van der Waals surface area contributed by atoms with Gasteiger partial charge in [0.25, 0.3) is 0 Å². The first-order valence-corrected chi connectivity index (χ1v) is 6.52. The standard InChI is InChI=1S/C13H27N3O2/c1-6-7-15-12(18)10(9-14-5)16-11(17)8-13(2,3)4/h10,14H,6-9H2,1-5H3,(H,15,18)(H,16,17)/t10-/m0/s1. The zero-order valence-corrected chi connectivity index (χ0v) is 12.2. The molecule has 1 atom stereocenters. The van der Waals surface area contributed by atoms with E-state index in [0.29, 0.717) is 19.5 Å². The van der Waals surface area contributed by atoms with Crippen molar-refractivity contribution in [1.29, 1.82) is 0 Å². The van der Waals surface area contributed by atoms with Crippen molar-refractivity contribution in [3.63, 3.8) is 0 Å². The molecule has 0 spiro atoms. The van der Waals surface area contributed by atoms with Gasteiger partial charge in [0.15, 0.2) is 0 Å². The number of nitrogens with one attached hydrogen (secondary N) is 3. The van der Waals surface area contributed by atoms with Gasteiger partial charge in [-0.15, -0.1) is 0 Å². The van der Waals surface area contributed by atoms with Crippen molar-refractivity contribution in [3.8, 4) is 0 Å². The van der Waals surface area contributed by atoms with E-state index in [9.17, 15) is 9.59 Å². The molecule has 0 aliphatic rings. The van der Waals surface area contributed by atoms with Gasteiger partial charge in [-0.05, 0) is 18.9 Å². The van der Waals surface area contributed by atoms with Crippen LogP contribution in [0.15, 0.2) is 0 Å². The minimum absolute atomic E-state index is 0.0752. The maximum Gasteiger partial charge on any atom is 0.243 e. The van der Waals surface area contributed by atoms with Gasteiger partial charge in [0.1, 0.15) is 6.04 Å². The Morgan fingerprint density at radius 2 is 1.83 bits per heavy atom. The predicted octanol–water partition coefficient (Wildman–Crippen LogP) is 0.653. The zero-order valence-electron chi connectivity index (χ0n) is 12.2. The quantitative estimate of drug-likeness (QED) is 0.627. The molecule has 0 aliphatic heterocycles. The van der Waals surface area contributed by atoms with E-state index < -0.39 is 6.04 Å². The largest absolute Gasteiger partial charge is 0.354 e. The Bertz CT molecular complexity index is 272. The molecule has 0 aromatic heterocycles. The lowest BCUT2D eigenvalue weighted by Gasteiger charge is -2.22. The number of hydrogen-bond acceptors (Lipinski definition) is 3. The van der Waals surface area contributed by atoms with Gasteiger partial charge in [0.2, 0.25) is 11.8 Å². The van der Waals surface area contributed by atoms with Crippen LogP contribution in [0.2, 0.25) is 0 Å². The topological polar surface area (TPSA) is 70.2 Å². The monoisotopic (exact) mass is 257 g/mol. The number of hydrogen-bond donors (Lipinski definition) is 3. The summed E-state index contributed by atoms with van der Waals surface area (Å²) >= 11 is 0. The van der Waals surface area contributed by atoms with E-state index in [0.717, 1.165) is 6.42 Å². The maximum absolute atomic E-state index is 11.8. The molecule has 0 radical (unpaired) electrons. The van der Waals surface area contributed by atoms with Crippen LogP contribution >= 0.6 is 0 Å². The molecule has 0 aliphatic carbocycles.